The number of fused-ring (bicyclic) bond motifs is 1. The van der Waals surface area contributed by atoms with Crippen molar-refractivity contribution < 1.29 is 0 Å². The fourth-order valence-corrected chi connectivity index (χ4v) is 4.75. The maximum Gasteiger partial charge on any atom is 0.186 e. The molecule has 2 heterocycles. The van der Waals surface area contributed by atoms with Crippen molar-refractivity contribution in [3.63, 3.8) is 0 Å². The average Bonchev–Trinajstić information content (AvgIpc) is 3.11. The summed E-state index contributed by atoms with van der Waals surface area (Å²) in [7, 11) is 0. The summed E-state index contributed by atoms with van der Waals surface area (Å²) >= 11 is 1.81. The zero-order valence-electron chi connectivity index (χ0n) is 14.6. The first-order valence-corrected chi connectivity index (χ1v) is 10.2. The predicted octanol–water partition coefficient (Wildman–Crippen LogP) is 5.67. The van der Waals surface area contributed by atoms with Gasteiger partial charge in [-0.2, -0.15) is 0 Å². The van der Waals surface area contributed by atoms with Gasteiger partial charge in [-0.25, -0.2) is 4.98 Å². The highest BCUT2D eigenvalue weighted by atomic mass is 32.1. The number of rotatable bonds is 6. The van der Waals surface area contributed by atoms with Gasteiger partial charge in [0.05, 0.1) is 10.2 Å². The molecule has 0 bridgehead atoms. The third-order valence-electron chi connectivity index (χ3n) is 5.18. The van der Waals surface area contributed by atoms with Crippen molar-refractivity contribution in [2.45, 2.75) is 45.1 Å². The van der Waals surface area contributed by atoms with Gasteiger partial charge in [0.2, 0.25) is 0 Å². The van der Waals surface area contributed by atoms with Crippen LogP contribution in [0, 0.1) is 5.92 Å². The standard InChI is InChI=1S/C21H25N3S/c1-2-7-17(8-3-1)12-14-24(16-18-9-6-13-22-15-18)21-23-19-10-4-5-11-20(19)25-21/h4-6,9-11,13,15,17H,1-3,7-8,12,14,16H2. The summed E-state index contributed by atoms with van der Waals surface area (Å²) in [5.41, 5.74) is 2.36. The Morgan fingerprint density at radius 1 is 1.04 bits per heavy atom. The second-order valence-corrected chi connectivity index (χ2v) is 8.05. The van der Waals surface area contributed by atoms with Gasteiger partial charge in [0.25, 0.3) is 0 Å². The van der Waals surface area contributed by atoms with Crippen LogP contribution in [-0.4, -0.2) is 16.5 Å². The van der Waals surface area contributed by atoms with Gasteiger partial charge in [-0.3, -0.25) is 4.98 Å². The normalized spacial score (nSPS) is 15.5. The lowest BCUT2D eigenvalue weighted by Crippen LogP contribution is -2.26. The van der Waals surface area contributed by atoms with Gasteiger partial charge in [-0.05, 0) is 36.1 Å². The van der Waals surface area contributed by atoms with Crippen LogP contribution in [0.5, 0.6) is 0 Å². The van der Waals surface area contributed by atoms with Crippen LogP contribution < -0.4 is 4.90 Å². The number of para-hydroxylation sites is 1. The number of hydrogen-bond donors (Lipinski definition) is 0. The Hall–Kier alpha value is -1.94. The van der Waals surface area contributed by atoms with Crippen LogP contribution in [-0.2, 0) is 6.54 Å². The quantitative estimate of drug-likeness (QED) is 0.573. The van der Waals surface area contributed by atoms with Crippen LogP contribution in [0.2, 0.25) is 0 Å². The number of benzene rings is 1. The van der Waals surface area contributed by atoms with Crippen molar-refractivity contribution in [3.05, 3.63) is 54.4 Å². The van der Waals surface area contributed by atoms with E-state index in [1.165, 1.54) is 48.8 Å². The van der Waals surface area contributed by atoms with Crippen LogP contribution in [0.4, 0.5) is 5.13 Å². The lowest BCUT2D eigenvalue weighted by molar-refractivity contribution is 0.340. The van der Waals surface area contributed by atoms with Crippen molar-refractivity contribution >= 4 is 26.7 Å². The maximum absolute atomic E-state index is 4.90. The van der Waals surface area contributed by atoms with Gasteiger partial charge in [0.1, 0.15) is 0 Å². The lowest BCUT2D eigenvalue weighted by atomic mass is 9.87. The molecule has 0 spiro atoms. The molecule has 0 atom stereocenters. The molecule has 3 aromatic rings. The Labute approximate surface area is 153 Å². The summed E-state index contributed by atoms with van der Waals surface area (Å²) in [5.74, 6) is 0.888. The number of anilines is 1. The molecule has 130 valence electrons. The minimum absolute atomic E-state index is 0.888. The number of pyridine rings is 1. The van der Waals surface area contributed by atoms with Crippen molar-refractivity contribution in [2.75, 3.05) is 11.4 Å². The molecule has 3 nitrogen and oxygen atoms in total. The third kappa shape index (κ3) is 4.18. The van der Waals surface area contributed by atoms with Crippen LogP contribution in [0.3, 0.4) is 0 Å². The van der Waals surface area contributed by atoms with E-state index < -0.39 is 0 Å². The largest absolute Gasteiger partial charge is 0.344 e. The molecule has 0 radical (unpaired) electrons. The molecule has 1 saturated carbocycles. The molecule has 1 aromatic carbocycles. The highest BCUT2D eigenvalue weighted by Crippen LogP contribution is 2.31. The topological polar surface area (TPSA) is 29.0 Å². The SMILES string of the molecule is c1cncc(CN(CCC2CCCCC2)c2nc3ccccc3s2)c1. The van der Waals surface area contributed by atoms with E-state index in [0.717, 1.165) is 29.7 Å². The molecule has 0 N–H and O–H groups in total. The van der Waals surface area contributed by atoms with Gasteiger partial charge in [0.15, 0.2) is 5.13 Å². The summed E-state index contributed by atoms with van der Waals surface area (Å²) < 4.78 is 1.27. The van der Waals surface area contributed by atoms with Crippen LogP contribution in [0.15, 0.2) is 48.8 Å². The second kappa shape index (κ2) is 7.96. The fraction of sp³-hybridized carbons (Fsp3) is 0.429. The van der Waals surface area contributed by atoms with Crippen molar-refractivity contribution in [1.82, 2.24) is 9.97 Å². The summed E-state index contributed by atoms with van der Waals surface area (Å²) in [6.45, 7) is 1.97. The minimum Gasteiger partial charge on any atom is -0.344 e. The van der Waals surface area contributed by atoms with E-state index in [0.29, 0.717) is 0 Å². The van der Waals surface area contributed by atoms with E-state index in [1.54, 1.807) is 11.3 Å². The van der Waals surface area contributed by atoms with E-state index in [4.69, 9.17) is 4.98 Å². The van der Waals surface area contributed by atoms with Gasteiger partial charge in [0, 0.05) is 25.5 Å². The van der Waals surface area contributed by atoms with Crippen LogP contribution in [0.25, 0.3) is 10.2 Å². The van der Waals surface area contributed by atoms with E-state index in [2.05, 4.69) is 40.2 Å². The summed E-state index contributed by atoms with van der Waals surface area (Å²) in [6, 6.07) is 12.6. The van der Waals surface area contributed by atoms with Crippen molar-refractivity contribution in [2.24, 2.45) is 5.92 Å². The molecule has 0 aliphatic heterocycles. The molecule has 1 aliphatic rings. The first-order chi connectivity index (χ1) is 12.4. The molecule has 1 aliphatic carbocycles. The number of aromatic nitrogens is 2. The zero-order chi connectivity index (χ0) is 16.9. The third-order valence-corrected chi connectivity index (χ3v) is 6.28. The molecule has 0 unspecified atom stereocenters. The Kier molecular flexibility index (Phi) is 5.26. The highest BCUT2D eigenvalue weighted by Gasteiger charge is 2.18. The monoisotopic (exact) mass is 351 g/mol. The van der Waals surface area contributed by atoms with Crippen LogP contribution >= 0.6 is 11.3 Å². The van der Waals surface area contributed by atoms with E-state index >= 15 is 0 Å². The van der Waals surface area contributed by atoms with Crippen LogP contribution in [0.1, 0.15) is 44.1 Å². The molecule has 2 aromatic heterocycles. The van der Waals surface area contributed by atoms with E-state index in [1.807, 2.05) is 18.5 Å². The fourth-order valence-electron chi connectivity index (χ4n) is 3.76. The Balaban J connectivity index is 1.53. The number of nitrogens with zero attached hydrogens (tertiary/aromatic N) is 3. The zero-order valence-corrected chi connectivity index (χ0v) is 15.4. The van der Waals surface area contributed by atoms with Gasteiger partial charge in [-0.15, -0.1) is 0 Å². The maximum atomic E-state index is 4.90. The summed E-state index contributed by atoms with van der Waals surface area (Å²) in [5, 5.41) is 1.14. The molecule has 0 amide bonds. The molecular formula is C21H25N3S. The molecule has 4 heteroatoms. The van der Waals surface area contributed by atoms with Gasteiger partial charge in [-0.1, -0.05) is 61.6 Å². The van der Waals surface area contributed by atoms with E-state index in [-0.39, 0.29) is 0 Å². The molecule has 25 heavy (non-hydrogen) atoms. The number of hydrogen-bond acceptors (Lipinski definition) is 4. The Morgan fingerprint density at radius 2 is 1.92 bits per heavy atom. The Morgan fingerprint density at radius 3 is 2.72 bits per heavy atom. The van der Waals surface area contributed by atoms with Crippen molar-refractivity contribution in [1.29, 1.82) is 0 Å². The average molecular weight is 352 g/mol. The minimum atomic E-state index is 0.888. The molecule has 1 fully saturated rings. The molecule has 4 rings (SSSR count). The first-order valence-electron chi connectivity index (χ1n) is 9.38. The van der Waals surface area contributed by atoms with E-state index in [9.17, 15) is 0 Å². The highest BCUT2D eigenvalue weighted by molar-refractivity contribution is 7.22. The van der Waals surface area contributed by atoms with Crippen molar-refractivity contribution in [3.8, 4) is 0 Å². The first kappa shape index (κ1) is 16.5. The van der Waals surface area contributed by atoms with Gasteiger partial charge >= 0.3 is 0 Å². The Bertz CT molecular complexity index is 760. The predicted molar refractivity (Wildman–Crippen MR) is 106 cm³/mol. The van der Waals surface area contributed by atoms with Gasteiger partial charge < -0.3 is 4.90 Å². The summed E-state index contributed by atoms with van der Waals surface area (Å²) in [6.07, 6.45) is 12.1. The molecular weight excluding hydrogens is 326 g/mol. The molecule has 0 saturated heterocycles. The lowest BCUT2D eigenvalue weighted by Gasteiger charge is -2.27. The summed E-state index contributed by atoms with van der Waals surface area (Å²) in [4.78, 5) is 11.6. The number of thiazole rings is 1. The smallest absolute Gasteiger partial charge is 0.186 e. The second-order valence-electron chi connectivity index (χ2n) is 7.04.